The van der Waals surface area contributed by atoms with Crippen molar-refractivity contribution in [3.05, 3.63) is 24.1 Å². The summed E-state index contributed by atoms with van der Waals surface area (Å²) < 4.78 is 15.3. The Labute approximate surface area is 103 Å². The highest BCUT2D eigenvalue weighted by atomic mass is 16.6. The van der Waals surface area contributed by atoms with Gasteiger partial charge in [0.1, 0.15) is 18.1 Å². The molecule has 0 aliphatic rings. The first-order valence-electron chi connectivity index (χ1n) is 5.14. The zero-order chi connectivity index (χ0) is 13.0. The maximum atomic E-state index is 5.16. The van der Waals surface area contributed by atoms with Crippen LogP contribution in [-0.4, -0.2) is 24.4 Å². The molecule has 0 aliphatic carbocycles. The molecule has 7 heteroatoms. The Morgan fingerprint density at radius 3 is 2.39 bits per heavy atom. The summed E-state index contributed by atoms with van der Waals surface area (Å²) in [5.41, 5.74) is 0.721. The van der Waals surface area contributed by atoms with Crippen molar-refractivity contribution < 1.29 is 18.8 Å². The van der Waals surface area contributed by atoms with E-state index in [0.29, 0.717) is 23.2 Å². The van der Waals surface area contributed by atoms with Gasteiger partial charge in [0.25, 0.3) is 5.89 Å². The molecular formula is C11H13N3O4. The van der Waals surface area contributed by atoms with Crippen LogP contribution in [0.1, 0.15) is 5.89 Å². The molecule has 1 aromatic heterocycles. The highest BCUT2D eigenvalue weighted by molar-refractivity contribution is 5.60. The quantitative estimate of drug-likeness (QED) is 0.796. The largest absolute Gasteiger partial charge is 0.497 e. The van der Waals surface area contributed by atoms with Gasteiger partial charge in [0, 0.05) is 11.6 Å². The number of rotatable bonds is 5. The van der Waals surface area contributed by atoms with E-state index < -0.39 is 0 Å². The second kappa shape index (κ2) is 5.48. The van der Waals surface area contributed by atoms with Gasteiger partial charge in [-0.05, 0) is 12.1 Å². The highest BCUT2D eigenvalue weighted by Gasteiger charge is 2.11. The van der Waals surface area contributed by atoms with Crippen LogP contribution in [0.3, 0.4) is 0 Å². The zero-order valence-electron chi connectivity index (χ0n) is 10.0. The topological polar surface area (TPSA) is 92.6 Å². The molecule has 0 saturated carbocycles. The summed E-state index contributed by atoms with van der Waals surface area (Å²) in [6.45, 7) is 0.0636. The minimum Gasteiger partial charge on any atom is -0.497 e. The third-order valence-corrected chi connectivity index (χ3v) is 2.28. The van der Waals surface area contributed by atoms with Crippen LogP contribution >= 0.6 is 0 Å². The van der Waals surface area contributed by atoms with Crippen molar-refractivity contribution in [2.24, 2.45) is 5.90 Å². The number of hydrogen-bond acceptors (Lipinski definition) is 7. The average Bonchev–Trinajstić information content (AvgIpc) is 2.87. The molecule has 1 aromatic carbocycles. The molecule has 2 rings (SSSR count). The van der Waals surface area contributed by atoms with Crippen LogP contribution in [-0.2, 0) is 11.4 Å². The van der Waals surface area contributed by atoms with E-state index in [1.54, 1.807) is 32.4 Å². The first-order chi connectivity index (χ1) is 8.76. The molecule has 18 heavy (non-hydrogen) atoms. The normalized spacial score (nSPS) is 10.4. The van der Waals surface area contributed by atoms with Gasteiger partial charge < -0.3 is 14.0 Å². The van der Waals surface area contributed by atoms with Gasteiger partial charge in [0.05, 0.1) is 14.2 Å². The summed E-state index contributed by atoms with van der Waals surface area (Å²) in [6, 6.07) is 5.31. The Morgan fingerprint density at radius 2 is 1.83 bits per heavy atom. The van der Waals surface area contributed by atoms with Crippen molar-refractivity contribution in [2.45, 2.75) is 6.61 Å². The van der Waals surface area contributed by atoms with Crippen LogP contribution < -0.4 is 15.4 Å². The Hall–Kier alpha value is -2.12. The lowest BCUT2D eigenvalue weighted by molar-refractivity contribution is 0.0996. The van der Waals surface area contributed by atoms with Gasteiger partial charge >= 0.3 is 0 Å². The minimum atomic E-state index is 0.0636. The van der Waals surface area contributed by atoms with E-state index in [4.69, 9.17) is 19.9 Å². The molecule has 0 saturated heterocycles. The third kappa shape index (κ3) is 2.58. The number of nitrogens with two attached hydrogens (primary N) is 1. The second-order valence-corrected chi connectivity index (χ2v) is 3.42. The molecule has 0 unspecified atom stereocenters. The van der Waals surface area contributed by atoms with Gasteiger partial charge in [0.2, 0.25) is 5.82 Å². The lowest BCUT2D eigenvalue weighted by atomic mass is 10.2. The van der Waals surface area contributed by atoms with Gasteiger partial charge in [-0.15, -0.1) is 0 Å². The van der Waals surface area contributed by atoms with Crippen LogP contribution in [0.4, 0.5) is 0 Å². The second-order valence-electron chi connectivity index (χ2n) is 3.42. The number of aromatic nitrogens is 2. The zero-order valence-corrected chi connectivity index (χ0v) is 10.0. The molecule has 0 fully saturated rings. The fraction of sp³-hybridized carbons (Fsp3) is 0.273. The van der Waals surface area contributed by atoms with E-state index in [0.717, 1.165) is 5.56 Å². The van der Waals surface area contributed by atoms with Gasteiger partial charge in [-0.1, -0.05) is 5.16 Å². The molecule has 0 amide bonds. The van der Waals surface area contributed by atoms with Crippen LogP contribution in [0.5, 0.6) is 11.5 Å². The number of methoxy groups -OCH3 is 2. The SMILES string of the molecule is COc1cc(OC)cc(-c2noc(CON)n2)c1. The summed E-state index contributed by atoms with van der Waals surface area (Å²) >= 11 is 0. The van der Waals surface area contributed by atoms with E-state index in [-0.39, 0.29) is 6.61 Å². The molecule has 0 spiro atoms. The van der Waals surface area contributed by atoms with Crippen molar-refractivity contribution in [3.8, 4) is 22.9 Å². The lowest BCUT2D eigenvalue weighted by Crippen LogP contribution is -1.98. The van der Waals surface area contributed by atoms with Crippen LogP contribution in [0.15, 0.2) is 22.7 Å². The first-order valence-corrected chi connectivity index (χ1v) is 5.14. The monoisotopic (exact) mass is 251 g/mol. The van der Waals surface area contributed by atoms with E-state index in [9.17, 15) is 0 Å². The molecule has 0 aliphatic heterocycles. The van der Waals surface area contributed by atoms with Crippen LogP contribution in [0.2, 0.25) is 0 Å². The van der Waals surface area contributed by atoms with Crippen molar-refractivity contribution in [1.82, 2.24) is 10.1 Å². The van der Waals surface area contributed by atoms with E-state index in [2.05, 4.69) is 15.0 Å². The third-order valence-electron chi connectivity index (χ3n) is 2.28. The van der Waals surface area contributed by atoms with Gasteiger partial charge in [-0.3, -0.25) is 4.84 Å². The lowest BCUT2D eigenvalue weighted by Gasteiger charge is -2.05. The van der Waals surface area contributed by atoms with Crippen LogP contribution in [0, 0.1) is 0 Å². The van der Waals surface area contributed by atoms with Crippen molar-refractivity contribution >= 4 is 0 Å². The molecule has 0 radical (unpaired) electrons. The molecule has 2 aromatic rings. The van der Waals surface area contributed by atoms with Gasteiger partial charge in [-0.2, -0.15) is 4.98 Å². The molecule has 7 nitrogen and oxygen atoms in total. The first kappa shape index (κ1) is 12.3. The van der Waals surface area contributed by atoms with E-state index in [1.807, 2.05) is 0 Å². The number of benzene rings is 1. The summed E-state index contributed by atoms with van der Waals surface area (Å²) in [6.07, 6.45) is 0. The highest BCUT2D eigenvalue weighted by Crippen LogP contribution is 2.28. The van der Waals surface area contributed by atoms with Crippen molar-refractivity contribution in [3.63, 3.8) is 0 Å². The molecule has 2 N–H and O–H groups in total. The smallest absolute Gasteiger partial charge is 0.255 e. The Bertz CT molecular complexity index is 505. The maximum absolute atomic E-state index is 5.16. The molecule has 0 bridgehead atoms. The fourth-order valence-electron chi connectivity index (χ4n) is 1.44. The Kier molecular flexibility index (Phi) is 3.75. The summed E-state index contributed by atoms with van der Waals surface area (Å²) in [4.78, 5) is 8.55. The standard InChI is InChI=1S/C11H13N3O4/c1-15-8-3-7(4-9(5-8)16-2)11-13-10(6-17-12)18-14-11/h3-5H,6,12H2,1-2H3. The molecule has 0 atom stereocenters. The number of nitrogens with zero attached hydrogens (tertiary/aromatic N) is 2. The van der Waals surface area contributed by atoms with Gasteiger partial charge in [-0.25, -0.2) is 5.90 Å². The average molecular weight is 251 g/mol. The summed E-state index contributed by atoms with van der Waals surface area (Å²) in [5.74, 6) is 6.94. The van der Waals surface area contributed by atoms with Crippen LogP contribution in [0.25, 0.3) is 11.4 Å². The summed E-state index contributed by atoms with van der Waals surface area (Å²) in [5, 5.41) is 3.82. The van der Waals surface area contributed by atoms with Crippen molar-refractivity contribution in [2.75, 3.05) is 14.2 Å². The van der Waals surface area contributed by atoms with Gasteiger partial charge in [0.15, 0.2) is 0 Å². The van der Waals surface area contributed by atoms with E-state index in [1.165, 1.54) is 0 Å². The minimum absolute atomic E-state index is 0.0636. The number of ether oxygens (including phenoxy) is 2. The molecule has 1 heterocycles. The predicted octanol–water partition coefficient (Wildman–Crippen LogP) is 1.14. The fourth-order valence-corrected chi connectivity index (χ4v) is 1.44. The van der Waals surface area contributed by atoms with E-state index >= 15 is 0 Å². The Morgan fingerprint density at radius 1 is 1.17 bits per heavy atom. The summed E-state index contributed by atoms with van der Waals surface area (Å²) in [7, 11) is 3.14. The predicted molar refractivity (Wildman–Crippen MR) is 61.8 cm³/mol. The molecule has 96 valence electrons. The maximum Gasteiger partial charge on any atom is 0.255 e. The molecular weight excluding hydrogens is 238 g/mol. The Balaban J connectivity index is 2.35. The van der Waals surface area contributed by atoms with Crippen molar-refractivity contribution in [1.29, 1.82) is 0 Å². The number of hydrogen-bond donors (Lipinski definition) is 1.